The van der Waals surface area contributed by atoms with E-state index in [1.54, 1.807) is 0 Å². The van der Waals surface area contributed by atoms with E-state index >= 15 is 0 Å². The molecule has 0 saturated carbocycles. The van der Waals surface area contributed by atoms with Crippen LogP contribution in [0.15, 0.2) is 29.2 Å². The molecule has 0 spiro atoms. The molecule has 1 aromatic carbocycles. The van der Waals surface area contributed by atoms with E-state index in [-0.39, 0.29) is 0 Å². The van der Waals surface area contributed by atoms with E-state index in [2.05, 4.69) is 55.5 Å². The molecule has 2 rings (SSSR count). The van der Waals surface area contributed by atoms with Gasteiger partial charge >= 0.3 is 0 Å². The van der Waals surface area contributed by atoms with Gasteiger partial charge in [-0.1, -0.05) is 18.2 Å². The summed E-state index contributed by atoms with van der Waals surface area (Å²) in [6.07, 6.45) is 0. The second kappa shape index (κ2) is 5.89. The topological polar surface area (TPSA) is 15.3 Å². The number of nitrogens with zero attached hydrogens (tertiary/aromatic N) is 1. The maximum atomic E-state index is 3.59. The van der Waals surface area contributed by atoms with Crippen LogP contribution >= 0.6 is 11.8 Å². The lowest BCUT2D eigenvalue weighted by Crippen LogP contribution is -2.37. The minimum Gasteiger partial charge on any atom is -0.315 e. The van der Waals surface area contributed by atoms with Crippen LogP contribution in [0.1, 0.15) is 18.4 Å². The normalized spacial score (nSPS) is 20.6. The van der Waals surface area contributed by atoms with E-state index < -0.39 is 0 Å². The monoisotopic (exact) mass is 250 g/mol. The van der Waals surface area contributed by atoms with Gasteiger partial charge in [-0.25, -0.2) is 0 Å². The molecule has 3 heteroatoms. The molecule has 0 saturated heterocycles. The fourth-order valence-corrected chi connectivity index (χ4v) is 3.30. The fourth-order valence-electron chi connectivity index (χ4n) is 2.05. The molecule has 2 nitrogen and oxygen atoms in total. The van der Waals surface area contributed by atoms with Crippen molar-refractivity contribution in [3.63, 3.8) is 0 Å². The summed E-state index contributed by atoms with van der Waals surface area (Å²) < 4.78 is 0. The molecule has 1 aliphatic heterocycles. The highest BCUT2D eigenvalue weighted by Gasteiger charge is 2.22. The summed E-state index contributed by atoms with van der Waals surface area (Å²) in [5, 5.41) is 3.59. The second-order valence-electron chi connectivity index (χ2n) is 5.02. The lowest BCUT2D eigenvalue weighted by atomic mass is 10.0. The van der Waals surface area contributed by atoms with Crippen molar-refractivity contribution >= 4 is 11.8 Å². The molecule has 1 aromatic rings. The van der Waals surface area contributed by atoms with Gasteiger partial charge in [-0.2, -0.15) is 0 Å². The smallest absolute Gasteiger partial charge is 0.0186 e. The van der Waals surface area contributed by atoms with Gasteiger partial charge in [-0.3, -0.25) is 0 Å². The van der Waals surface area contributed by atoms with Gasteiger partial charge < -0.3 is 10.2 Å². The highest BCUT2D eigenvalue weighted by molar-refractivity contribution is 7.99. The van der Waals surface area contributed by atoms with E-state index in [4.69, 9.17) is 0 Å². The van der Waals surface area contributed by atoms with Gasteiger partial charge in [0.25, 0.3) is 0 Å². The maximum absolute atomic E-state index is 3.59. The zero-order valence-corrected chi connectivity index (χ0v) is 11.8. The average molecular weight is 250 g/mol. The van der Waals surface area contributed by atoms with Crippen molar-refractivity contribution in [2.45, 2.75) is 23.8 Å². The van der Waals surface area contributed by atoms with Gasteiger partial charge in [-0.05, 0) is 32.6 Å². The quantitative estimate of drug-likeness (QED) is 0.864. The highest BCUT2D eigenvalue weighted by Crippen LogP contribution is 2.38. The molecule has 0 bridgehead atoms. The molecule has 1 N–H and O–H groups in total. The number of likely N-dealkylation sites (N-methyl/N-ethyl adjacent to an activating group) is 1. The Labute approximate surface area is 109 Å². The molecule has 2 atom stereocenters. The van der Waals surface area contributed by atoms with Gasteiger partial charge in [0.15, 0.2) is 0 Å². The number of fused-ring (bicyclic) bond motifs is 1. The number of thioether (sulfide) groups is 1. The number of nitrogens with one attached hydrogen (secondary N) is 1. The average Bonchev–Trinajstić information content (AvgIpc) is 2.72. The molecule has 0 amide bonds. The Kier molecular flexibility index (Phi) is 4.48. The van der Waals surface area contributed by atoms with Gasteiger partial charge in [0.05, 0.1) is 0 Å². The second-order valence-corrected chi connectivity index (χ2v) is 6.08. The molecular weight excluding hydrogens is 228 g/mol. The fraction of sp³-hybridized carbons (Fsp3) is 0.571. The molecule has 1 heterocycles. The van der Waals surface area contributed by atoms with E-state index in [0.717, 1.165) is 13.1 Å². The summed E-state index contributed by atoms with van der Waals surface area (Å²) in [5.74, 6) is 1.91. The Balaban J connectivity index is 1.82. The Hall–Kier alpha value is -0.510. The first-order valence-corrected chi connectivity index (χ1v) is 7.26. The summed E-state index contributed by atoms with van der Waals surface area (Å²) in [6.45, 7) is 4.42. The first kappa shape index (κ1) is 12.9. The molecule has 2 unspecified atom stereocenters. The predicted octanol–water partition coefficient (Wildman–Crippen LogP) is 2.42. The van der Waals surface area contributed by atoms with Gasteiger partial charge in [0.1, 0.15) is 0 Å². The zero-order chi connectivity index (χ0) is 12.3. The molecule has 0 aromatic heterocycles. The van der Waals surface area contributed by atoms with E-state index in [9.17, 15) is 0 Å². The summed E-state index contributed by atoms with van der Waals surface area (Å²) in [5.41, 5.74) is 1.53. The van der Waals surface area contributed by atoms with Crippen LogP contribution < -0.4 is 5.32 Å². The SMILES string of the molecule is CC(CNCC1CSc2ccccc21)N(C)C. The third-order valence-corrected chi connectivity index (χ3v) is 4.76. The van der Waals surface area contributed by atoms with Crippen LogP contribution in [0.5, 0.6) is 0 Å². The van der Waals surface area contributed by atoms with E-state index in [1.807, 2.05) is 11.8 Å². The Morgan fingerprint density at radius 1 is 1.41 bits per heavy atom. The van der Waals surface area contributed by atoms with E-state index in [0.29, 0.717) is 12.0 Å². The van der Waals surface area contributed by atoms with Crippen LogP contribution in [-0.2, 0) is 0 Å². The summed E-state index contributed by atoms with van der Waals surface area (Å²) >= 11 is 1.99. The van der Waals surface area contributed by atoms with Gasteiger partial charge in [0, 0.05) is 35.7 Å². The predicted molar refractivity (Wildman–Crippen MR) is 75.9 cm³/mol. The number of rotatable bonds is 5. The lowest BCUT2D eigenvalue weighted by molar-refractivity contribution is 0.302. The number of hydrogen-bond donors (Lipinski definition) is 1. The van der Waals surface area contributed by atoms with Crippen molar-refractivity contribution in [1.82, 2.24) is 10.2 Å². The third kappa shape index (κ3) is 3.24. The molecular formula is C14H22N2S. The molecule has 0 aliphatic carbocycles. The molecule has 1 aliphatic rings. The Bertz CT molecular complexity index is 365. The summed E-state index contributed by atoms with van der Waals surface area (Å²) in [6, 6.07) is 9.40. The van der Waals surface area contributed by atoms with Crippen molar-refractivity contribution in [3.05, 3.63) is 29.8 Å². The van der Waals surface area contributed by atoms with Crippen molar-refractivity contribution < 1.29 is 0 Å². The van der Waals surface area contributed by atoms with Crippen LogP contribution in [0, 0.1) is 0 Å². The van der Waals surface area contributed by atoms with Crippen LogP contribution in [-0.4, -0.2) is 43.9 Å². The Morgan fingerprint density at radius 3 is 2.94 bits per heavy atom. The van der Waals surface area contributed by atoms with Crippen molar-refractivity contribution in [3.8, 4) is 0 Å². The van der Waals surface area contributed by atoms with Gasteiger partial charge in [-0.15, -0.1) is 11.8 Å². The Morgan fingerprint density at radius 2 is 2.18 bits per heavy atom. The molecule has 94 valence electrons. The van der Waals surface area contributed by atoms with E-state index in [1.165, 1.54) is 16.2 Å². The third-order valence-electron chi connectivity index (χ3n) is 3.51. The molecule has 0 fully saturated rings. The van der Waals surface area contributed by atoms with Crippen LogP contribution in [0.3, 0.4) is 0 Å². The summed E-state index contributed by atoms with van der Waals surface area (Å²) in [7, 11) is 4.26. The maximum Gasteiger partial charge on any atom is 0.0186 e. The van der Waals surface area contributed by atoms with Crippen LogP contribution in [0.25, 0.3) is 0 Å². The first-order chi connectivity index (χ1) is 8.18. The van der Waals surface area contributed by atoms with Crippen molar-refractivity contribution in [2.75, 3.05) is 32.9 Å². The molecule has 0 radical (unpaired) electrons. The highest BCUT2D eigenvalue weighted by atomic mass is 32.2. The minimum atomic E-state index is 0.597. The lowest BCUT2D eigenvalue weighted by Gasteiger charge is -2.21. The van der Waals surface area contributed by atoms with Gasteiger partial charge in [0.2, 0.25) is 0 Å². The summed E-state index contributed by atoms with van der Waals surface area (Å²) in [4.78, 5) is 3.73. The first-order valence-electron chi connectivity index (χ1n) is 6.27. The van der Waals surface area contributed by atoms with Crippen LogP contribution in [0.4, 0.5) is 0 Å². The standard InChI is InChI=1S/C14H22N2S/c1-11(16(2)3)8-15-9-12-10-17-14-7-5-4-6-13(12)14/h4-7,11-12,15H,8-10H2,1-3H3. The minimum absolute atomic E-state index is 0.597. The number of hydrogen-bond acceptors (Lipinski definition) is 3. The van der Waals surface area contributed by atoms with Crippen molar-refractivity contribution in [2.24, 2.45) is 0 Å². The molecule has 17 heavy (non-hydrogen) atoms. The zero-order valence-electron chi connectivity index (χ0n) is 10.9. The van der Waals surface area contributed by atoms with Crippen molar-refractivity contribution in [1.29, 1.82) is 0 Å². The largest absolute Gasteiger partial charge is 0.315 e. The van der Waals surface area contributed by atoms with Crippen LogP contribution in [0.2, 0.25) is 0 Å². The number of benzene rings is 1.